The summed E-state index contributed by atoms with van der Waals surface area (Å²) < 4.78 is 7.72. The first-order chi connectivity index (χ1) is 19.6. The number of rotatable bonds is 9. The molecule has 40 heavy (non-hydrogen) atoms. The molecule has 0 spiro atoms. The Bertz CT molecular complexity index is 1650. The average molecular weight is 525 g/mol. The molecule has 196 valence electrons. The lowest BCUT2D eigenvalue weighted by atomic mass is 10.1. The van der Waals surface area contributed by atoms with E-state index in [1.54, 1.807) is 10.8 Å². The molecule has 5 aromatic rings. The molecular formula is C34H28N4O2. The van der Waals surface area contributed by atoms with Gasteiger partial charge in [0.25, 0.3) is 5.91 Å². The molecule has 0 saturated heterocycles. The van der Waals surface area contributed by atoms with Gasteiger partial charge in [0, 0.05) is 23.9 Å². The summed E-state index contributed by atoms with van der Waals surface area (Å²) in [5, 5.41) is 17.5. The number of hydrogen-bond donors (Lipinski definition) is 1. The lowest BCUT2D eigenvalue weighted by molar-refractivity contribution is -0.117. The van der Waals surface area contributed by atoms with E-state index < -0.39 is 5.91 Å². The number of hydrogen-bond acceptors (Lipinski definition) is 4. The van der Waals surface area contributed by atoms with Crippen LogP contribution in [0.4, 0.5) is 0 Å². The predicted molar refractivity (Wildman–Crippen MR) is 156 cm³/mol. The average Bonchev–Trinajstić information content (AvgIpc) is 3.43. The summed E-state index contributed by atoms with van der Waals surface area (Å²) >= 11 is 0. The fraction of sp³-hybridized carbons (Fsp3) is 0.0882. The van der Waals surface area contributed by atoms with Crippen LogP contribution in [0.3, 0.4) is 0 Å². The van der Waals surface area contributed by atoms with Crippen LogP contribution in [0, 0.1) is 18.3 Å². The summed E-state index contributed by atoms with van der Waals surface area (Å²) in [6.45, 7) is 2.86. The van der Waals surface area contributed by atoms with Crippen molar-refractivity contribution >= 4 is 12.0 Å². The molecule has 1 heterocycles. The number of benzene rings is 4. The largest absolute Gasteiger partial charge is 0.489 e. The highest BCUT2D eigenvalue weighted by molar-refractivity contribution is 6.02. The molecule has 0 radical (unpaired) electrons. The van der Waals surface area contributed by atoms with Crippen LogP contribution in [0.1, 0.15) is 22.3 Å². The van der Waals surface area contributed by atoms with Crippen molar-refractivity contribution in [3.8, 4) is 28.8 Å². The normalized spacial score (nSPS) is 11.1. The van der Waals surface area contributed by atoms with Gasteiger partial charge in [-0.2, -0.15) is 10.4 Å². The molecule has 1 amide bonds. The molecule has 5 rings (SSSR count). The van der Waals surface area contributed by atoms with E-state index in [1.165, 1.54) is 5.56 Å². The Labute approximate surface area is 233 Å². The van der Waals surface area contributed by atoms with Gasteiger partial charge in [-0.3, -0.25) is 4.79 Å². The molecule has 0 fully saturated rings. The molecule has 0 unspecified atom stereocenters. The van der Waals surface area contributed by atoms with Gasteiger partial charge in [0.1, 0.15) is 24.0 Å². The van der Waals surface area contributed by atoms with E-state index >= 15 is 0 Å². The molecule has 0 saturated carbocycles. The Balaban J connectivity index is 1.40. The van der Waals surface area contributed by atoms with E-state index in [0.29, 0.717) is 24.4 Å². The maximum Gasteiger partial charge on any atom is 0.262 e. The van der Waals surface area contributed by atoms with Crippen LogP contribution in [0.15, 0.2) is 121 Å². The lowest BCUT2D eigenvalue weighted by Crippen LogP contribution is -2.23. The van der Waals surface area contributed by atoms with Crippen LogP contribution in [-0.4, -0.2) is 15.7 Å². The minimum Gasteiger partial charge on any atom is -0.489 e. The maximum atomic E-state index is 12.9. The molecule has 6 nitrogen and oxygen atoms in total. The van der Waals surface area contributed by atoms with Crippen LogP contribution < -0.4 is 10.1 Å². The zero-order valence-corrected chi connectivity index (χ0v) is 22.1. The minimum absolute atomic E-state index is 0.00263. The van der Waals surface area contributed by atoms with E-state index in [2.05, 4.69) is 42.6 Å². The number of aromatic nitrogens is 2. The van der Waals surface area contributed by atoms with Crippen molar-refractivity contribution in [1.82, 2.24) is 15.1 Å². The first-order valence-electron chi connectivity index (χ1n) is 13.0. The molecule has 0 aliphatic heterocycles. The highest BCUT2D eigenvalue weighted by atomic mass is 16.5. The number of para-hydroxylation sites is 1. The van der Waals surface area contributed by atoms with Crippen molar-refractivity contribution in [2.75, 3.05) is 0 Å². The van der Waals surface area contributed by atoms with Crippen LogP contribution in [-0.2, 0) is 17.9 Å². The van der Waals surface area contributed by atoms with Gasteiger partial charge in [-0.05, 0) is 60.5 Å². The summed E-state index contributed by atoms with van der Waals surface area (Å²) in [6, 6.07) is 37.2. The van der Waals surface area contributed by atoms with Gasteiger partial charge in [-0.1, -0.05) is 78.4 Å². The Morgan fingerprint density at radius 2 is 1.57 bits per heavy atom. The second kappa shape index (κ2) is 12.4. The number of nitrogens with one attached hydrogen (secondary N) is 1. The third kappa shape index (κ3) is 6.53. The van der Waals surface area contributed by atoms with Crippen LogP contribution >= 0.6 is 0 Å². The number of aryl methyl sites for hydroxylation is 1. The highest BCUT2D eigenvalue weighted by Gasteiger charge is 2.15. The van der Waals surface area contributed by atoms with Crippen molar-refractivity contribution in [3.63, 3.8) is 0 Å². The molecule has 0 aliphatic carbocycles. The van der Waals surface area contributed by atoms with Gasteiger partial charge < -0.3 is 10.1 Å². The van der Waals surface area contributed by atoms with E-state index in [-0.39, 0.29) is 5.57 Å². The Kier molecular flexibility index (Phi) is 8.14. The Morgan fingerprint density at radius 3 is 2.25 bits per heavy atom. The summed E-state index contributed by atoms with van der Waals surface area (Å²) in [5.74, 6) is 0.298. The van der Waals surface area contributed by atoms with Crippen LogP contribution in [0.25, 0.3) is 23.0 Å². The molecular weight excluding hydrogens is 496 g/mol. The maximum absolute atomic E-state index is 12.9. The zero-order valence-electron chi connectivity index (χ0n) is 22.1. The van der Waals surface area contributed by atoms with Gasteiger partial charge in [0.2, 0.25) is 0 Å². The molecule has 4 aromatic carbocycles. The van der Waals surface area contributed by atoms with Crippen molar-refractivity contribution < 1.29 is 9.53 Å². The van der Waals surface area contributed by atoms with E-state index in [4.69, 9.17) is 9.84 Å². The third-order valence-electron chi connectivity index (χ3n) is 6.38. The fourth-order valence-corrected chi connectivity index (χ4v) is 4.17. The third-order valence-corrected chi connectivity index (χ3v) is 6.38. The van der Waals surface area contributed by atoms with Gasteiger partial charge in [0.15, 0.2) is 0 Å². The Hall–Kier alpha value is -5.41. The summed E-state index contributed by atoms with van der Waals surface area (Å²) in [4.78, 5) is 12.9. The van der Waals surface area contributed by atoms with E-state index in [9.17, 15) is 10.1 Å². The topological polar surface area (TPSA) is 79.9 Å². The Morgan fingerprint density at radius 1 is 0.900 bits per heavy atom. The summed E-state index contributed by atoms with van der Waals surface area (Å²) in [5.41, 5.74) is 6.28. The quantitative estimate of drug-likeness (QED) is 0.173. The number of amides is 1. The molecule has 0 aliphatic rings. The van der Waals surface area contributed by atoms with Gasteiger partial charge >= 0.3 is 0 Å². The van der Waals surface area contributed by atoms with Crippen molar-refractivity contribution in [3.05, 3.63) is 143 Å². The fourth-order valence-electron chi connectivity index (χ4n) is 4.17. The zero-order chi connectivity index (χ0) is 27.7. The van der Waals surface area contributed by atoms with Crippen molar-refractivity contribution in [1.29, 1.82) is 5.26 Å². The number of ether oxygens (including phenoxy) is 1. The molecule has 0 bridgehead atoms. The lowest BCUT2D eigenvalue weighted by Gasteiger charge is -2.08. The summed E-state index contributed by atoms with van der Waals surface area (Å²) in [7, 11) is 0. The van der Waals surface area contributed by atoms with E-state index in [0.717, 1.165) is 28.1 Å². The first kappa shape index (κ1) is 26.2. The smallest absolute Gasteiger partial charge is 0.262 e. The predicted octanol–water partition coefficient (Wildman–Crippen LogP) is 6.65. The van der Waals surface area contributed by atoms with Crippen LogP contribution in [0.2, 0.25) is 0 Å². The monoisotopic (exact) mass is 524 g/mol. The number of carbonyl (C=O) groups is 1. The van der Waals surface area contributed by atoms with Crippen molar-refractivity contribution in [2.45, 2.75) is 20.1 Å². The van der Waals surface area contributed by atoms with Gasteiger partial charge in [-0.15, -0.1) is 0 Å². The second-order valence-electron chi connectivity index (χ2n) is 9.35. The molecule has 6 heteroatoms. The van der Waals surface area contributed by atoms with Crippen molar-refractivity contribution in [2.24, 2.45) is 0 Å². The standard InChI is InChI=1S/C34H28N4O2/c1-25-12-14-27(15-13-25)24-40-32-18-16-28(17-19-32)33-30(23-38(37-33)31-10-6-3-7-11-31)20-29(21-35)34(39)36-22-26-8-4-2-5-9-26/h2-20,23H,22,24H2,1H3,(H,36,39)/b29-20-. The SMILES string of the molecule is Cc1ccc(COc2ccc(-c3nn(-c4ccccc4)cc3/C=C(/C#N)C(=O)NCc3ccccc3)cc2)cc1. The van der Waals surface area contributed by atoms with E-state index in [1.807, 2.05) is 91.1 Å². The number of nitriles is 1. The highest BCUT2D eigenvalue weighted by Crippen LogP contribution is 2.28. The molecule has 1 aromatic heterocycles. The number of nitrogens with zero attached hydrogens (tertiary/aromatic N) is 3. The second-order valence-corrected chi connectivity index (χ2v) is 9.35. The minimum atomic E-state index is -0.440. The molecule has 1 N–H and O–H groups in total. The summed E-state index contributed by atoms with van der Waals surface area (Å²) in [6.07, 6.45) is 3.41. The van der Waals surface area contributed by atoms with Gasteiger partial charge in [-0.25, -0.2) is 4.68 Å². The van der Waals surface area contributed by atoms with Crippen LogP contribution in [0.5, 0.6) is 5.75 Å². The van der Waals surface area contributed by atoms with Gasteiger partial charge in [0.05, 0.1) is 11.4 Å². The first-order valence-corrected chi connectivity index (χ1v) is 13.0. The number of carbonyl (C=O) groups excluding carboxylic acids is 1. The molecule has 0 atom stereocenters.